The van der Waals surface area contributed by atoms with Gasteiger partial charge in [-0.15, -0.1) is 0 Å². The first-order chi connectivity index (χ1) is 11.1. The fraction of sp³-hybridized carbons (Fsp3) is 0.0526. The molecule has 0 unspecified atom stereocenters. The van der Waals surface area contributed by atoms with Crippen LogP contribution in [0.15, 0.2) is 71.9 Å². The molecule has 0 saturated heterocycles. The van der Waals surface area contributed by atoms with Crippen LogP contribution in [-0.4, -0.2) is 24.3 Å². The van der Waals surface area contributed by atoms with E-state index >= 15 is 0 Å². The van der Waals surface area contributed by atoms with Crippen molar-refractivity contribution in [3.63, 3.8) is 0 Å². The van der Waals surface area contributed by atoms with E-state index < -0.39 is 5.97 Å². The van der Waals surface area contributed by atoms with Gasteiger partial charge in [0, 0.05) is 30.7 Å². The average molecular weight is 304 g/mol. The Labute approximate surface area is 134 Å². The SMILES string of the molecule is CN1C=C/C(=C\C=Nc2ccc(C(=O)O)cc2)c2ccccc21. The summed E-state index contributed by atoms with van der Waals surface area (Å²) in [6, 6.07) is 14.7. The van der Waals surface area contributed by atoms with Gasteiger partial charge in [-0.3, -0.25) is 4.99 Å². The van der Waals surface area contributed by atoms with Gasteiger partial charge in [0.15, 0.2) is 0 Å². The molecule has 0 atom stereocenters. The van der Waals surface area contributed by atoms with Crippen LogP contribution in [0.4, 0.5) is 11.4 Å². The third kappa shape index (κ3) is 3.21. The monoisotopic (exact) mass is 304 g/mol. The zero-order valence-electron chi connectivity index (χ0n) is 12.7. The van der Waals surface area contributed by atoms with Crippen molar-refractivity contribution in [3.05, 3.63) is 78.0 Å². The molecule has 0 aliphatic carbocycles. The number of carbonyl (C=O) groups is 1. The molecular formula is C19H16N2O2. The highest BCUT2D eigenvalue weighted by atomic mass is 16.4. The number of carboxylic acids is 1. The normalized spacial score (nSPS) is 15.2. The minimum absolute atomic E-state index is 0.259. The molecule has 0 saturated carbocycles. The summed E-state index contributed by atoms with van der Waals surface area (Å²) in [5.41, 5.74) is 4.38. The number of allylic oxidation sites excluding steroid dienone is 3. The first-order valence-electron chi connectivity index (χ1n) is 7.23. The molecule has 0 bridgehead atoms. The minimum atomic E-state index is -0.935. The molecule has 3 rings (SSSR count). The Morgan fingerprint density at radius 3 is 2.61 bits per heavy atom. The number of hydrogen-bond acceptors (Lipinski definition) is 3. The molecule has 2 aromatic carbocycles. The fourth-order valence-electron chi connectivity index (χ4n) is 2.43. The van der Waals surface area contributed by atoms with Crippen molar-refractivity contribution in [1.82, 2.24) is 0 Å². The maximum atomic E-state index is 10.8. The van der Waals surface area contributed by atoms with E-state index in [2.05, 4.69) is 22.0 Å². The number of hydrogen-bond donors (Lipinski definition) is 1. The lowest BCUT2D eigenvalue weighted by Crippen LogP contribution is -2.13. The number of aromatic carboxylic acids is 1. The van der Waals surface area contributed by atoms with Crippen LogP contribution in [-0.2, 0) is 0 Å². The summed E-state index contributed by atoms with van der Waals surface area (Å²) in [6.07, 6.45) is 7.75. The molecule has 1 aliphatic rings. The van der Waals surface area contributed by atoms with Gasteiger partial charge < -0.3 is 10.0 Å². The van der Waals surface area contributed by atoms with Crippen LogP contribution in [0.5, 0.6) is 0 Å². The van der Waals surface area contributed by atoms with Gasteiger partial charge in [-0.1, -0.05) is 18.2 Å². The Bertz CT molecular complexity index is 818. The van der Waals surface area contributed by atoms with Crippen LogP contribution >= 0.6 is 0 Å². The van der Waals surface area contributed by atoms with Crippen LogP contribution in [0.25, 0.3) is 5.57 Å². The average Bonchev–Trinajstić information content (AvgIpc) is 2.58. The molecule has 4 nitrogen and oxygen atoms in total. The first-order valence-corrected chi connectivity index (χ1v) is 7.23. The van der Waals surface area contributed by atoms with Gasteiger partial charge in [-0.2, -0.15) is 0 Å². The van der Waals surface area contributed by atoms with Crippen molar-refractivity contribution in [3.8, 4) is 0 Å². The third-order valence-electron chi connectivity index (χ3n) is 3.66. The van der Waals surface area contributed by atoms with Gasteiger partial charge in [0.25, 0.3) is 0 Å². The van der Waals surface area contributed by atoms with Crippen molar-refractivity contribution < 1.29 is 9.90 Å². The van der Waals surface area contributed by atoms with Gasteiger partial charge in [0.05, 0.1) is 11.3 Å². The molecule has 1 N–H and O–H groups in total. The molecule has 2 aromatic rings. The van der Waals surface area contributed by atoms with E-state index in [-0.39, 0.29) is 5.56 Å². The molecule has 23 heavy (non-hydrogen) atoms. The van der Waals surface area contributed by atoms with E-state index in [1.54, 1.807) is 30.5 Å². The van der Waals surface area contributed by atoms with Crippen molar-refractivity contribution in [2.75, 3.05) is 11.9 Å². The first kappa shape index (κ1) is 14.8. The van der Waals surface area contributed by atoms with Gasteiger partial charge >= 0.3 is 5.97 Å². The summed E-state index contributed by atoms with van der Waals surface area (Å²) in [5.74, 6) is -0.935. The number of fused-ring (bicyclic) bond motifs is 1. The largest absolute Gasteiger partial charge is 0.478 e. The van der Waals surface area contributed by atoms with Crippen LogP contribution in [0, 0.1) is 0 Å². The molecule has 0 spiro atoms. The summed E-state index contributed by atoms with van der Waals surface area (Å²) >= 11 is 0. The lowest BCUT2D eigenvalue weighted by atomic mass is 10.0. The summed E-state index contributed by atoms with van der Waals surface area (Å²) in [6.45, 7) is 0. The molecule has 1 heterocycles. The summed E-state index contributed by atoms with van der Waals surface area (Å²) < 4.78 is 0. The molecule has 0 fully saturated rings. The smallest absolute Gasteiger partial charge is 0.335 e. The number of aliphatic imine (C=N–C) groups is 1. The lowest BCUT2D eigenvalue weighted by Gasteiger charge is -2.23. The standard InChI is InChI=1S/C19H16N2O2/c1-21-13-11-14(17-4-2-3-5-18(17)21)10-12-20-16-8-6-15(7-9-16)19(22)23/h2-13H,1H3,(H,22,23)/b14-10+,20-12?. The van der Waals surface area contributed by atoms with Crippen LogP contribution in [0.1, 0.15) is 15.9 Å². The van der Waals surface area contributed by atoms with E-state index in [9.17, 15) is 4.79 Å². The van der Waals surface area contributed by atoms with E-state index in [4.69, 9.17) is 5.11 Å². The maximum Gasteiger partial charge on any atom is 0.335 e. The molecular weight excluding hydrogens is 288 g/mol. The number of carboxylic acid groups (broad SMARTS) is 1. The molecule has 4 heteroatoms. The van der Waals surface area contributed by atoms with Gasteiger partial charge in [-0.25, -0.2) is 4.79 Å². The molecule has 0 amide bonds. The van der Waals surface area contributed by atoms with Gasteiger partial charge in [-0.05, 0) is 48.1 Å². The number of anilines is 1. The van der Waals surface area contributed by atoms with Crippen LogP contribution in [0.3, 0.4) is 0 Å². The van der Waals surface area contributed by atoms with E-state index in [0.717, 1.165) is 22.5 Å². The predicted octanol–water partition coefficient (Wildman–Crippen LogP) is 4.13. The lowest BCUT2D eigenvalue weighted by molar-refractivity contribution is 0.0697. The Kier molecular flexibility index (Phi) is 4.06. The highest BCUT2D eigenvalue weighted by Crippen LogP contribution is 2.31. The topological polar surface area (TPSA) is 52.9 Å². The quantitative estimate of drug-likeness (QED) is 0.867. The fourth-order valence-corrected chi connectivity index (χ4v) is 2.43. The molecule has 114 valence electrons. The second kappa shape index (κ2) is 6.32. The van der Waals surface area contributed by atoms with Crippen LogP contribution < -0.4 is 4.90 Å². The Morgan fingerprint density at radius 1 is 1.13 bits per heavy atom. The van der Waals surface area contributed by atoms with E-state index in [1.165, 1.54) is 0 Å². The Balaban J connectivity index is 1.82. The van der Waals surface area contributed by atoms with Crippen molar-refractivity contribution in [1.29, 1.82) is 0 Å². The van der Waals surface area contributed by atoms with E-state index in [1.807, 2.05) is 37.5 Å². The molecule has 0 aromatic heterocycles. The van der Waals surface area contributed by atoms with Crippen molar-refractivity contribution in [2.45, 2.75) is 0 Å². The maximum absolute atomic E-state index is 10.8. The number of rotatable bonds is 3. The summed E-state index contributed by atoms with van der Waals surface area (Å²) in [7, 11) is 2.02. The van der Waals surface area contributed by atoms with Gasteiger partial charge in [0.2, 0.25) is 0 Å². The molecule has 1 aliphatic heterocycles. The number of para-hydroxylation sites is 1. The summed E-state index contributed by atoms with van der Waals surface area (Å²) in [5, 5.41) is 8.88. The highest BCUT2D eigenvalue weighted by molar-refractivity contribution is 5.94. The Hall–Kier alpha value is -3.14. The second-order valence-corrected chi connectivity index (χ2v) is 5.20. The number of nitrogens with zero attached hydrogens (tertiary/aromatic N) is 2. The highest BCUT2D eigenvalue weighted by Gasteiger charge is 2.11. The minimum Gasteiger partial charge on any atom is -0.478 e. The zero-order valence-corrected chi connectivity index (χ0v) is 12.7. The van der Waals surface area contributed by atoms with Gasteiger partial charge in [0.1, 0.15) is 0 Å². The van der Waals surface area contributed by atoms with Crippen LogP contribution in [0.2, 0.25) is 0 Å². The van der Waals surface area contributed by atoms with E-state index in [0.29, 0.717) is 0 Å². The second-order valence-electron chi connectivity index (χ2n) is 5.20. The number of benzene rings is 2. The molecule has 0 radical (unpaired) electrons. The van der Waals surface area contributed by atoms with Crippen molar-refractivity contribution >= 4 is 29.1 Å². The Morgan fingerprint density at radius 2 is 1.87 bits per heavy atom. The summed E-state index contributed by atoms with van der Waals surface area (Å²) in [4.78, 5) is 17.2. The third-order valence-corrected chi connectivity index (χ3v) is 3.66. The van der Waals surface area contributed by atoms with Crippen molar-refractivity contribution in [2.24, 2.45) is 4.99 Å². The predicted molar refractivity (Wildman–Crippen MR) is 93.5 cm³/mol. The zero-order chi connectivity index (χ0) is 16.2.